The Balaban J connectivity index is 0.000000396. The molecule has 0 aromatic carbocycles. The van der Waals surface area contributed by atoms with Gasteiger partial charge in [0.2, 0.25) is 0 Å². The van der Waals surface area contributed by atoms with Crippen LogP contribution >= 0.6 is 0 Å². The van der Waals surface area contributed by atoms with Gasteiger partial charge in [-0.05, 0) is 65.7 Å². The van der Waals surface area contributed by atoms with Crippen LogP contribution in [-0.2, 0) is 21.3 Å². The molecule has 1 aliphatic heterocycles. The second kappa shape index (κ2) is 9.32. The summed E-state index contributed by atoms with van der Waals surface area (Å²) in [5.41, 5.74) is 2.69. The predicted molar refractivity (Wildman–Crippen MR) is 118 cm³/mol. The fourth-order valence-corrected chi connectivity index (χ4v) is 3.02. The van der Waals surface area contributed by atoms with Crippen molar-refractivity contribution in [1.82, 2.24) is 14.5 Å². The van der Waals surface area contributed by atoms with E-state index >= 15 is 0 Å². The monoisotopic (exact) mass is 415 g/mol. The lowest BCUT2D eigenvalue weighted by Crippen LogP contribution is -2.39. The second-order valence-corrected chi connectivity index (χ2v) is 9.26. The number of hydrogen-bond acceptors (Lipinski definition) is 5. The number of aromatic nitrogens is 2. The molecule has 0 saturated carbocycles. The van der Waals surface area contributed by atoms with E-state index in [1.807, 2.05) is 65.4 Å². The third kappa shape index (κ3) is 6.61. The van der Waals surface area contributed by atoms with Gasteiger partial charge >= 0.3 is 6.09 Å². The number of pyridine rings is 1. The molecule has 0 radical (unpaired) electrons. The molecule has 30 heavy (non-hydrogen) atoms. The van der Waals surface area contributed by atoms with Crippen molar-refractivity contribution in [3.63, 3.8) is 0 Å². The van der Waals surface area contributed by atoms with E-state index in [9.17, 15) is 9.59 Å². The van der Waals surface area contributed by atoms with E-state index in [2.05, 4.69) is 28.1 Å². The number of rotatable bonds is 2. The van der Waals surface area contributed by atoms with Gasteiger partial charge in [-0.25, -0.2) is 9.78 Å². The molecule has 0 aliphatic carbocycles. The highest BCUT2D eigenvalue weighted by Crippen LogP contribution is 2.29. The molecule has 0 saturated heterocycles. The summed E-state index contributed by atoms with van der Waals surface area (Å²) in [7, 11) is 2.01. The molecule has 7 nitrogen and oxygen atoms in total. The van der Waals surface area contributed by atoms with Crippen LogP contribution in [0.2, 0.25) is 0 Å². The van der Waals surface area contributed by atoms with Gasteiger partial charge in [0.15, 0.2) is 0 Å². The van der Waals surface area contributed by atoms with Crippen molar-refractivity contribution in [2.24, 2.45) is 7.05 Å². The van der Waals surface area contributed by atoms with Crippen molar-refractivity contribution in [1.29, 1.82) is 0 Å². The minimum Gasteiger partial charge on any atom is -0.462 e. The normalized spacial score (nSPS) is 14.5. The lowest BCUT2D eigenvalue weighted by Gasteiger charge is -2.29. The largest absolute Gasteiger partial charge is 0.462 e. The summed E-state index contributed by atoms with van der Waals surface area (Å²) >= 11 is 0. The number of ether oxygens (including phenoxy) is 2. The van der Waals surface area contributed by atoms with E-state index in [1.54, 1.807) is 4.90 Å². The summed E-state index contributed by atoms with van der Waals surface area (Å²) < 4.78 is 12.0. The van der Waals surface area contributed by atoms with Gasteiger partial charge in [-0.2, -0.15) is 0 Å². The second-order valence-electron chi connectivity index (χ2n) is 9.26. The molecule has 0 unspecified atom stereocenters. The van der Waals surface area contributed by atoms with Crippen molar-refractivity contribution in [3.8, 4) is 0 Å². The molecule has 2 aromatic heterocycles. The molecule has 164 valence electrons. The zero-order valence-corrected chi connectivity index (χ0v) is 19.1. The Morgan fingerprint density at radius 1 is 1.17 bits per heavy atom. The predicted octanol–water partition coefficient (Wildman–Crippen LogP) is 4.56. The summed E-state index contributed by atoms with van der Waals surface area (Å²) in [6.45, 7) is 12.8. The fourth-order valence-electron chi connectivity index (χ4n) is 3.02. The summed E-state index contributed by atoms with van der Waals surface area (Å²) in [6, 6.07) is 4.06. The fraction of sp³-hybridized carbons (Fsp3) is 0.522. The number of carbonyl (C=O) groups is 2. The summed E-state index contributed by atoms with van der Waals surface area (Å²) in [4.78, 5) is 27.9. The SMILES string of the molecule is CC(C)(C)OC=O.Cn1cc(C2=CCN(C(=O)OC(C)(C)C)CC2)c2cccnc21. The Hall–Kier alpha value is -2.83. The Morgan fingerprint density at radius 3 is 2.37 bits per heavy atom. The van der Waals surface area contributed by atoms with Crippen LogP contribution in [0.1, 0.15) is 53.5 Å². The van der Waals surface area contributed by atoms with Crippen LogP contribution in [0.3, 0.4) is 0 Å². The van der Waals surface area contributed by atoms with Gasteiger partial charge in [0.05, 0.1) is 0 Å². The topological polar surface area (TPSA) is 73.7 Å². The van der Waals surface area contributed by atoms with E-state index in [4.69, 9.17) is 4.74 Å². The van der Waals surface area contributed by atoms with Gasteiger partial charge in [0.1, 0.15) is 16.8 Å². The number of amides is 1. The van der Waals surface area contributed by atoms with E-state index in [1.165, 1.54) is 11.1 Å². The molecule has 7 heteroatoms. The Bertz CT molecular complexity index is 917. The molecule has 0 fully saturated rings. The Kier molecular flexibility index (Phi) is 7.29. The van der Waals surface area contributed by atoms with E-state index < -0.39 is 5.60 Å². The van der Waals surface area contributed by atoms with Gasteiger partial charge in [-0.15, -0.1) is 0 Å². The molecule has 0 spiro atoms. The van der Waals surface area contributed by atoms with Crippen molar-refractivity contribution in [3.05, 3.63) is 36.2 Å². The maximum atomic E-state index is 12.1. The molecule has 0 bridgehead atoms. The van der Waals surface area contributed by atoms with Crippen molar-refractivity contribution in [2.75, 3.05) is 13.1 Å². The highest BCUT2D eigenvalue weighted by atomic mass is 16.6. The minimum atomic E-state index is -0.456. The van der Waals surface area contributed by atoms with Gasteiger partial charge < -0.3 is 18.9 Å². The third-order valence-corrected chi connectivity index (χ3v) is 4.34. The van der Waals surface area contributed by atoms with Crippen LogP contribution in [0.5, 0.6) is 0 Å². The first-order valence-electron chi connectivity index (χ1n) is 10.1. The van der Waals surface area contributed by atoms with Crippen LogP contribution in [0.15, 0.2) is 30.6 Å². The number of aryl methyl sites for hydroxylation is 1. The van der Waals surface area contributed by atoms with E-state index in [-0.39, 0.29) is 11.7 Å². The van der Waals surface area contributed by atoms with Crippen LogP contribution in [0.4, 0.5) is 4.79 Å². The molecule has 0 N–H and O–H groups in total. The Labute approximate surface area is 178 Å². The van der Waals surface area contributed by atoms with Crippen LogP contribution in [0, 0.1) is 0 Å². The van der Waals surface area contributed by atoms with Crippen molar-refractivity contribution >= 4 is 29.2 Å². The van der Waals surface area contributed by atoms with E-state index in [0.717, 1.165) is 17.5 Å². The lowest BCUT2D eigenvalue weighted by atomic mass is 10.00. The van der Waals surface area contributed by atoms with Crippen molar-refractivity contribution in [2.45, 2.75) is 59.2 Å². The van der Waals surface area contributed by atoms with Crippen LogP contribution in [-0.4, -0.2) is 51.3 Å². The number of hydrogen-bond donors (Lipinski definition) is 0. The average molecular weight is 416 g/mol. The first kappa shape index (κ1) is 23.4. The standard InChI is InChI=1S/C18H23N3O2.C5H10O2/c1-18(2,3)23-17(22)21-10-7-13(8-11-21)15-12-20(4)16-14(15)6-5-9-19-16;1-5(2,3)7-4-6/h5-7,9,12H,8,10-11H2,1-4H3;4H,1-3H3. The van der Waals surface area contributed by atoms with Gasteiger partial charge in [0, 0.05) is 43.5 Å². The first-order chi connectivity index (χ1) is 13.9. The molecule has 1 amide bonds. The van der Waals surface area contributed by atoms with E-state index in [0.29, 0.717) is 19.6 Å². The van der Waals surface area contributed by atoms with Gasteiger partial charge in [-0.1, -0.05) is 6.08 Å². The number of nitrogens with zero attached hydrogens (tertiary/aromatic N) is 3. The molecular formula is C23H33N3O4. The molecule has 3 heterocycles. The zero-order chi connectivity index (χ0) is 22.5. The van der Waals surface area contributed by atoms with Gasteiger partial charge in [0.25, 0.3) is 6.47 Å². The molecule has 3 rings (SSSR count). The Morgan fingerprint density at radius 2 is 1.87 bits per heavy atom. The highest BCUT2D eigenvalue weighted by molar-refractivity contribution is 5.91. The molecular weight excluding hydrogens is 382 g/mol. The maximum absolute atomic E-state index is 12.1. The summed E-state index contributed by atoms with van der Waals surface area (Å²) in [5, 5.41) is 1.16. The smallest absolute Gasteiger partial charge is 0.410 e. The maximum Gasteiger partial charge on any atom is 0.410 e. The molecule has 0 atom stereocenters. The minimum absolute atomic E-state index is 0.243. The highest BCUT2D eigenvalue weighted by Gasteiger charge is 2.24. The molecule has 2 aromatic rings. The summed E-state index contributed by atoms with van der Waals surface area (Å²) in [6.07, 6.45) is 6.63. The first-order valence-corrected chi connectivity index (χ1v) is 10.1. The van der Waals surface area contributed by atoms with Crippen molar-refractivity contribution < 1.29 is 19.1 Å². The average Bonchev–Trinajstić information content (AvgIpc) is 2.97. The summed E-state index contributed by atoms with van der Waals surface area (Å²) in [5.74, 6) is 0. The number of fused-ring (bicyclic) bond motifs is 1. The van der Waals surface area contributed by atoms with Gasteiger partial charge in [-0.3, -0.25) is 4.79 Å². The van der Waals surface area contributed by atoms with Crippen LogP contribution < -0.4 is 0 Å². The lowest BCUT2D eigenvalue weighted by molar-refractivity contribution is -0.138. The molecule has 1 aliphatic rings. The third-order valence-electron chi connectivity index (χ3n) is 4.34. The van der Waals surface area contributed by atoms with Crippen LogP contribution in [0.25, 0.3) is 16.6 Å². The number of carbonyl (C=O) groups excluding carboxylic acids is 2. The zero-order valence-electron chi connectivity index (χ0n) is 19.1. The quantitative estimate of drug-likeness (QED) is 0.673.